The first-order valence-corrected chi connectivity index (χ1v) is 8.22. The minimum absolute atomic E-state index is 0.213. The summed E-state index contributed by atoms with van der Waals surface area (Å²) < 4.78 is 0. The van der Waals surface area contributed by atoms with E-state index < -0.39 is 0 Å². The fraction of sp³-hybridized carbons (Fsp3) is 0.500. The number of hydrogen-bond acceptors (Lipinski definition) is 1. The lowest BCUT2D eigenvalue weighted by Crippen LogP contribution is -2.05. The molecule has 20 heavy (non-hydrogen) atoms. The standard InChI is InChI=1S/C18H24ClN/c1-2-3-4-5-6-10-16(19)14-17-13-12-15-9-7-8-11-18(15)20-17/h7-9,11-13,16H,2-6,10,14H2,1H3. The lowest BCUT2D eigenvalue weighted by molar-refractivity contribution is 0.591. The molecule has 2 aromatic rings. The van der Waals surface area contributed by atoms with Gasteiger partial charge in [0, 0.05) is 22.9 Å². The minimum atomic E-state index is 0.213. The molecule has 0 spiro atoms. The van der Waals surface area contributed by atoms with Crippen molar-refractivity contribution in [3.63, 3.8) is 0 Å². The zero-order chi connectivity index (χ0) is 14.2. The SMILES string of the molecule is CCCCCCCC(Cl)Cc1ccc2ccccc2n1. The Morgan fingerprint density at radius 2 is 1.80 bits per heavy atom. The molecule has 0 aliphatic rings. The molecule has 108 valence electrons. The van der Waals surface area contributed by atoms with Crippen LogP contribution in [-0.4, -0.2) is 10.4 Å². The van der Waals surface area contributed by atoms with Gasteiger partial charge in [-0.3, -0.25) is 4.98 Å². The monoisotopic (exact) mass is 289 g/mol. The topological polar surface area (TPSA) is 12.9 Å². The number of halogens is 1. The lowest BCUT2D eigenvalue weighted by atomic mass is 10.1. The molecule has 0 saturated carbocycles. The number of fused-ring (bicyclic) bond motifs is 1. The Bertz CT molecular complexity index is 524. The van der Waals surface area contributed by atoms with E-state index in [9.17, 15) is 0 Å². The van der Waals surface area contributed by atoms with Gasteiger partial charge < -0.3 is 0 Å². The van der Waals surface area contributed by atoms with Crippen LogP contribution in [0.2, 0.25) is 0 Å². The lowest BCUT2D eigenvalue weighted by Gasteiger charge is -2.09. The number of rotatable bonds is 8. The molecule has 1 aromatic carbocycles. The highest BCUT2D eigenvalue weighted by Gasteiger charge is 2.07. The number of para-hydroxylation sites is 1. The van der Waals surface area contributed by atoms with Gasteiger partial charge >= 0.3 is 0 Å². The molecule has 0 fully saturated rings. The molecule has 0 saturated heterocycles. The summed E-state index contributed by atoms with van der Waals surface area (Å²) in [5.74, 6) is 0. The van der Waals surface area contributed by atoms with Crippen molar-refractivity contribution in [2.24, 2.45) is 0 Å². The summed E-state index contributed by atoms with van der Waals surface area (Å²) in [6.07, 6.45) is 8.50. The Morgan fingerprint density at radius 3 is 2.65 bits per heavy atom. The molecular weight excluding hydrogens is 266 g/mol. The van der Waals surface area contributed by atoms with E-state index in [2.05, 4.69) is 36.2 Å². The number of alkyl halides is 1. The van der Waals surface area contributed by atoms with E-state index >= 15 is 0 Å². The van der Waals surface area contributed by atoms with E-state index in [1.807, 2.05) is 12.1 Å². The van der Waals surface area contributed by atoms with Crippen LogP contribution in [0.5, 0.6) is 0 Å². The molecule has 0 amide bonds. The van der Waals surface area contributed by atoms with Gasteiger partial charge in [-0.15, -0.1) is 11.6 Å². The molecule has 0 bridgehead atoms. The molecule has 1 heterocycles. The van der Waals surface area contributed by atoms with Gasteiger partial charge in [0.1, 0.15) is 0 Å². The molecular formula is C18H24ClN. The summed E-state index contributed by atoms with van der Waals surface area (Å²) in [6.45, 7) is 2.25. The van der Waals surface area contributed by atoms with Gasteiger partial charge in [0.05, 0.1) is 5.52 Å². The Labute approximate surface area is 127 Å². The summed E-state index contributed by atoms with van der Waals surface area (Å²) in [5.41, 5.74) is 2.18. The van der Waals surface area contributed by atoms with Crippen LogP contribution in [0.4, 0.5) is 0 Å². The summed E-state index contributed by atoms with van der Waals surface area (Å²) >= 11 is 6.44. The van der Waals surface area contributed by atoms with Gasteiger partial charge in [0.2, 0.25) is 0 Å². The van der Waals surface area contributed by atoms with Crippen molar-refractivity contribution in [1.82, 2.24) is 4.98 Å². The van der Waals surface area contributed by atoms with Crippen LogP contribution in [0.3, 0.4) is 0 Å². The molecule has 1 nitrogen and oxygen atoms in total. The Balaban J connectivity index is 1.81. The average Bonchev–Trinajstić information content (AvgIpc) is 2.47. The van der Waals surface area contributed by atoms with Gasteiger partial charge in [0.25, 0.3) is 0 Å². The third-order valence-corrected chi connectivity index (χ3v) is 4.08. The number of nitrogens with zero attached hydrogens (tertiary/aromatic N) is 1. The van der Waals surface area contributed by atoms with E-state index in [1.54, 1.807) is 0 Å². The highest BCUT2D eigenvalue weighted by atomic mass is 35.5. The highest BCUT2D eigenvalue weighted by molar-refractivity contribution is 6.20. The van der Waals surface area contributed by atoms with Gasteiger partial charge in [-0.25, -0.2) is 0 Å². The van der Waals surface area contributed by atoms with Crippen LogP contribution in [-0.2, 0) is 6.42 Å². The first-order chi connectivity index (χ1) is 9.79. The van der Waals surface area contributed by atoms with Crippen molar-refractivity contribution >= 4 is 22.5 Å². The number of unbranched alkanes of at least 4 members (excludes halogenated alkanes) is 4. The van der Waals surface area contributed by atoms with Gasteiger partial charge in [-0.2, -0.15) is 0 Å². The molecule has 2 rings (SSSR count). The zero-order valence-corrected chi connectivity index (χ0v) is 13.1. The highest BCUT2D eigenvalue weighted by Crippen LogP contribution is 2.17. The molecule has 1 aromatic heterocycles. The number of hydrogen-bond donors (Lipinski definition) is 0. The van der Waals surface area contributed by atoms with Crippen LogP contribution in [0, 0.1) is 0 Å². The largest absolute Gasteiger partial charge is 0.253 e. The second-order valence-corrected chi connectivity index (χ2v) is 6.12. The van der Waals surface area contributed by atoms with Crippen molar-refractivity contribution in [1.29, 1.82) is 0 Å². The summed E-state index contributed by atoms with van der Waals surface area (Å²) in [4.78, 5) is 4.69. The quantitative estimate of drug-likeness (QED) is 0.446. The Hall–Kier alpha value is -1.08. The first kappa shape index (κ1) is 15.3. The number of pyridine rings is 1. The fourth-order valence-electron chi connectivity index (χ4n) is 2.52. The Morgan fingerprint density at radius 1 is 1.00 bits per heavy atom. The second-order valence-electron chi connectivity index (χ2n) is 5.50. The minimum Gasteiger partial charge on any atom is -0.253 e. The fourth-order valence-corrected chi connectivity index (χ4v) is 2.83. The van der Waals surface area contributed by atoms with Crippen LogP contribution in [0.25, 0.3) is 10.9 Å². The van der Waals surface area contributed by atoms with Crippen molar-refractivity contribution < 1.29 is 0 Å². The van der Waals surface area contributed by atoms with Crippen LogP contribution in [0.1, 0.15) is 51.1 Å². The van der Waals surface area contributed by atoms with E-state index in [-0.39, 0.29) is 5.38 Å². The van der Waals surface area contributed by atoms with Crippen molar-refractivity contribution in [3.8, 4) is 0 Å². The maximum absolute atomic E-state index is 6.44. The van der Waals surface area contributed by atoms with E-state index in [0.29, 0.717) is 0 Å². The summed E-state index contributed by atoms with van der Waals surface area (Å²) in [6, 6.07) is 12.5. The van der Waals surface area contributed by atoms with Crippen LogP contribution < -0.4 is 0 Å². The maximum atomic E-state index is 6.44. The third kappa shape index (κ3) is 4.79. The predicted octanol–water partition coefficient (Wildman–Crippen LogP) is 5.75. The van der Waals surface area contributed by atoms with Crippen LogP contribution in [0.15, 0.2) is 36.4 Å². The second kappa shape index (κ2) is 8.26. The number of aromatic nitrogens is 1. The first-order valence-electron chi connectivity index (χ1n) is 7.78. The Kier molecular flexibility index (Phi) is 6.32. The van der Waals surface area contributed by atoms with E-state index in [4.69, 9.17) is 11.6 Å². The average molecular weight is 290 g/mol. The summed E-state index contributed by atoms with van der Waals surface area (Å²) in [7, 11) is 0. The summed E-state index contributed by atoms with van der Waals surface area (Å²) in [5, 5.41) is 1.41. The predicted molar refractivity (Wildman–Crippen MR) is 88.5 cm³/mol. The van der Waals surface area contributed by atoms with Gasteiger partial charge in [-0.1, -0.05) is 63.3 Å². The maximum Gasteiger partial charge on any atom is 0.0705 e. The normalized spacial score (nSPS) is 12.7. The molecule has 0 aliphatic carbocycles. The molecule has 0 N–H and O–H groups in total. The van der Waals surface area contributed by atoms with Crippen molar-refractivity contribution in [3.05, 3.63) is 42.1 Å². The smallest absolute Gasteiger partial charge is 0.0705 e. The van der Waals surface area contributed by atoms with Gasteiger partial charge in [0.15, 0.2) is 0 Å². The zero-order valence-electron chi connectivity index (χ0n) is 12.3. The van der Waals surface area contributed by atoms with Gasteiger partial charge in [-0.05, 0) is 18.6 Å². The van der Waals surface area contributed by atoms with Crippen molar-refractivity contribution in [2.75, 3.05) is 0 Å². The molecule has 0 aliphatic heterocycles. The molecule has 1 unspecified atom stereocenters. The van der Waals surface area contributed by atoms with Crippen LogP contribution >= 0.6 is 11.6 Å². The van der Waals surface area contributed by atoms with E-state index in [0.717, 1.165) is 24.1 Å². The van der Waals surface area contributed by atoms with Crippen molar-refractivity contribution in [2.45, 2.75) is 57.2 Å². The third-order valence-electron chi connectivity index (χ3n) is 3.71. The molecule has 2 heteroatoms. The number of benzene rings is 1. The van der Waals surface area contributed by atoms with E-state index in [1.165, 1.54) is 37.5 Å². The molecule has 1 atom stereocenters. The molecule has 0 radical (unpaired) electrons.